The highest BCUT2D eigenvalue weighted by Crippen LogP contribution is 2.53. The molecule has 2 aromatic rings. The lowest BCUT2D eigenvalue weighted by Gasteiger charge is -2.43. The highest BCUT2D eigenvalue weighted by molar-refractivity contribution is 14.1. The van der Waals surface area contributed by atoms with Gasteiger partial charge in [-0.15, -0.1) is 0 Å². The van der Waals surface area contributed by atoms with Crippen LogP contribution in [0.5, 0.6) is 0 Å². The van der Waals surface area contributed by atoms with E-state index in [0.29, 0.717) is 11.7 Å². The number of hydrogen-bond acceptors (Lipinski definition) is 5. The fourth-order valence-corrected chi connectivity index (χ4v) is 5.95. The highest BCUT2D eigenvalue weighted by atomic mass is 127. The van der Waals surface area contributed by atoms with Crippen molar-refractivity contribution in [1.82, 2.24) is 14.7 Å². The van der Waals surface area contributed by atoms with Gasteiger partial charge in [0, 0.05) is 25.6 Å². The SMILES string of the molecule is Cc1nc(N2CCC3(CC2)Cc2ccccc2C3CN[S@@](=O)C(C)(C)C)nc(N)c1I. The summed E-state index contributed by atoms with van der Waals surface area (Å²) in [5, 5.41) is 0. The van der Waals surface area contributed by atoms with Crippen LogP contribution in [-0.4, -0.2) is 38.6 Å². The second kappa shape index (κ2) is 8.59. The van der Waals surface area contributed by atoms with E-state index in [1.807, 2.05) is 27.7 Å². The third-order valence-electron chi connectivity index (χ3n) is 6.76. The number of benzene rings is 1. The van der Waals surface area contributed by atoms with Crippen molar-refractivity contribution in [3.05, 3.63) is 44.7 Å². The quantitative estimate of drug-likeness (QED) is 0.561. The number of piperidine rings is 1. The Morgan fingerprint density at radius 2 is 1.94 bits per heavy atom. The number of nitrogens with zero attached hydrogens (tertiary/aromatic N) is 3. The van der Waals surface area contributed by atoms with Crippen molar-refractivity contribution in [1.29, 1.82) is 0 Å². The second-order valence-electron chi connectivity index (χ2n) is 9.82. The summed E-state index contributed by atoms with van der Waals surface area (Å²) in [5.41, 5.74) is 10.1. The summed E-state index contributed by atoms with van der Waals surface area (Å²) < 4.78 is 16.7. The third-order valence-corrected chi connectivity index (χ3v) is 9.63. The molecule has 31 heavy (non-hydrogen) atoms. The van der Waals surface area contributed by atoms with E-state index in [-0.39, 0.29) is 10.2 Å². The standard InChI is InChI=1S/C23H32IN5OS/c1-15-19(24)20(25)28-21(27-15)29-11-9-23(10-12-29)13-16-7-5-6-8-17(16)18(23)14-26-31(30)22(2,3)4/h5-8,18,26H,9-14H2,1-4H3,(H2,25,27,28)/t18?,31-/m0/s1. The van der Waals surface area contributed by atoms with E-state index in [4.69, 9.17) is 10.7 Å². The molecule has 0 amide bonds. The molecule has 1 aromatic carbocycles. The first-order chi connectivity index (χ1) is 14.6. The number of nitrogens with one attached hydrogen (secondary N) is 1. The lowest BCUT2D eigenvalue weighted by Crippen LogP contribution is -2.46. The molecule has 1 saturated heterocycles. The molecule has 0 saturated carbocycles. The van der Waals surface area contributed by atoms with Gasteiger partial charge < -0.3 is 10.6 Å². The van der Waals surface area contributed by atoms with Crippen molar-refractivity contribution in [3.63, 3.8) is 0 Å². The summed E-state index contributed by atoms with van der Waals surface area (Å²) in [7, 11) is -1.07. The molecule has 2 aliphatic rings. The van der Waals surface area contributed by atoms with Gasteiger partial charge in [-0.3, -0.25) is 0 Å². The van der Waals surface area contributed by atoms with E-state index < -0.39 is 11.0 Å². The van der Waals surface area contributed by atoms with Crippen molar-refractivity contribution >= 4 is 45.3 Å². The van der Waals surface area contributed by atoms with Gasteiger partial charge in [-0.2, -0.15) is 4.98 Å². The molecule has 0 bridgehead atoms. The van der Waals surface area contributed by atoms with Crippen LogP contribution in [0.25, 0.3) is 0 Å². The van der Waals surface area contributed by atoms with Crippen LogP contribution in [0.15, 0.2) is 24.3 Å². The van der Waals surface area contributed by atoms with E-state index in [0.717, 1.165) is 54.1 Å². The summed E-state index contributed by atoms with van der Waals surface area (Å²) >= 11 is 2.20. The molecule has 8 heteroatoms. The largest absolute Gasteiger partial charge is 0.383 e. The van der Waals surface area contributed by atoms with Crippen molar-refractivity contribution in [2.75, 3.05) is 30.3 Å². The van der Waals surface area contributed by atoms with Crippen molar-refractivity contribution in [2.24, 2.45) is 5.41 Å². The molecule has 1 aliphatic heterocycles. The molecular weight excluding hydrogens is 521 g/mol. The van der Waals surface area contributed by atoms with Gasteiger partial charge >= 0.3 is 0 Å². The molecule has 1 unspecified atom stereocenters. The van der Waals surface area contributed by atoms with Crippen LogP contribution >= 0.6 is 22.6 Å². The number of nitrogens with two attached hydrogens (primary N) is 1. The minimum atomic E-state index is -1.07. The summed E-state index contributed by atoms with van der Waals surface area (Å²) in [6.45, 7) is 10.6. The van der Waals surface area contributed by atoms with Gasteiger partial charge in [0.1, 0.15) is 5.82 Å². The van der Waals surface area contributed by atoms with Crippen LogP contribution in [0.1, 0.15) is 56.4 Å². The van der Waals surface area contributed by atoms with Gasteiger partial charge in [-0.25, -0.2) is 13.9 Å². The third kappa shape index (κ3) is 4.48. The molecule has 6 nitrogen and oxygen atoms in total. The predicted molar refractivity (Wildman–Crippen MR) is 137 cm³/mol. The van der Waals surface area contributed by atoms with Crippen LogP contribution in [0.2, 0.25) is 0 Å². The number of aryl methyl sites for hydroxylation is 1. The number of anilines is 2. The van der Waals surface area contributed by atoms with Gasteiger partial charge in [0.2, 0.25) is 5.95 Å². The molecule has 2 atom stereocenters. The molecule has 1 fully saturated rings. The second-order valence-corrected chi connectivity index (χ2v) is 12.9. The first-order valence-electron chi connectivity index (χ1n) is 10.9. The lowest BCUT2D eigenvalue weighted by molar-refractivity contribution is 0.185. The number of aromatic nitrogens is 2. The zero-order valence-electron chi connectivity index (χ0n) is 18.7. The van der Waals surface area contributed by atoms with Crippen LogP contribution in [0.3, 0.4) is 0 Å². The molecule has 2 heterocycles. The Hall–Kier alpha value is -1.26. The Kier molecular flexibility index (Phi) is 6.35. The number of nitrogen functional groups attached to an aromatic ring is 1. The Bertz CT molecular complexity index is 975. The number of hydrogen-bond donors (Lipinski definition) is 2. The first kappa shape index (κ1) is 22.9. The average molecular weight is 554 g/mol. The van der Waals surface area contributed by atoms with Gasteiger partial charge in [0.05, 0.1) is 25.0 Å². The van der Waals surface area contributed by atoms with E-state index >= 15 is 0 Å². The molecule has 1 aliphatic carbocycles. The first-order valence-corrected chi connectivity index (χ1v) is 13.1. The van der Waals surface area contributed by atoms with Crippen molar-refractivity contribution < 1.29 is 4.21 Å². The molecule has 1 aromatic heterocycles. The summed E-state index contributed by atoms with van der Waals surface area (Å²) in [5.74, 6) is 1.66. The Balaban J connectivity index is 1.54. The molecule has 168 valence electrons. The van der Waals surface area contributed by atoms with E-state index in [9.17, 15) is 4.21 Å². The van der Waals surface area contributed by atoms with Crippen LogP contribution in [-0.2, 0) is 17.4 Å². The molecule has 0 radical (unpaired) electrons. The maximum absolute atomic E-state index is 12.7. The number of rotatable bonds is 4. The smallest absolute Gasteiger partial charge is 0.227 e. The zero-order chi connectivity index (χ0) is 22.4. The fraction of sp³-hybridized carbons (Fsp3) is 0.565. The molecular formula is C23H32IN5OS. The topological polar surface area (TPSA) is 84.1 Å². The van der Waals surface area contributed by atoms with E-state index in [1.54, 1.807) is 0 Å². The Labute approximate surface area is 201 Å². The predicted octanol–water partition coefficient (Wildman–Crippen LogP) is 3.95. The molecule has 4 rings (SSSR count). The van der Waals surface area contributed by atoms with Crippen molar-refractivity contribution in [3.8, 4) is 0 Å². The average Bonchev–Trinajstić information content (AvgIpc) is 3.02. The molecule has 3 N–H and O–H groups in total. The van der Waals surface area contributed by atoms with Crippen LogP contribution in [0, 0.1) is 15.9 Å². The lowest BCUT2D eigenvalue weighted by atomic mass is 9.69. The zero-order valence-corrected chi connectivity index (χ0v) is 21.7. The van der Waals surface area contributed by atoms with Crippen molar-refractivity contribution in [2.45, 2.75) is 57.6 Å². The maximum atomic E-state index is 12.7. The molecule has 1 spiro atoms. The summed E-state index contributed by atoms with van der Waals surface area (Å²) in [4.78, 5) is 11.5. The summed E-state index contributed by atoms with van der Waals surface area (Å²) in [6.07, 6.45) is 3.20. The fourth-order valence-electron chi connectivity index (χ4n) is 4.95. The van der Waals surface area contributed by atoms with Gasteiger partial charge in [-0.05, 0) is 86.1 Å². The Morgan fingerprint density at radius 1 is 1.26 bits per heavy atom. The Morgan fingerprint density at radius 3 is 2.58 bits per heavy atom. The van der Waals surface area contributed by atoms with Crippen LogP contribution in [0.4, 0.5) is 11.8 Å². The highest BCUT2D eigenvalue weighted by Gasteiger charge is 2.47. The van der Waals surface area contributed by atoms with Crippen LogP contribution < -0.4 is 15.4 Å². The van der Waals surface area contributed by atoms with E-state index in [1.165, 1.54) is 11.1 Å². The van der Waals surface area contributed by atoms with Gasteiger partial charge in [-0.1, -0.05) is 24.3 Å². The summed E-state index contributed by atoms with van der Waals surface area (Å²) in [6, 6.07) is 8.78. The van der Waals surface area contributed by atoms with E-state index in [2.05, 4.69) is 61.5 Å². The van der Waals surface area contributed by atoms with Gasteiger partial charge in [0.15, 0.2) is 0 Å². The van der Waals surface area contributed by atoms with Gasteiger partial charge in [0.25, 0.3) is 0 Å². The number of fused-ring (bicyclic) bond motifs is 1. The minimum Gasteiger partial charge on any atom is -0.383 e. The minimum absolute atomic E-state index is 0.180. The normalized spacial score (nSPS) is 21.3. The monoisotopic (exact) mass is 553 g/mol. The maximum Gasteiger partial charge on any atom is 0.227 e. The number of halogens is 1.